The Hall–Kier alpha value is -1.87. The number of thioether (sulfide) groups is 1. The Bertz CT molecular complexity index is 904. The summed E-state index contributed by atoms with van der Waals surface area (Å²) in [6, 6.07) is 0. The lowest BCUT2D eigenvalue weighted by Crippen LogP contribution is -2.36. The van der Waals surface area contributed by atoms with Gasteiger partial charge in [0, 0.05) is 18.5 Å². The lowest BCUT2D eigenvalue weighted by molar-refractivity contribution is -0.124. The molecule has 2 N–H and O–H groups in total. The van der Waals surface area contributed by atoms with Gasteiger partial charge in [0.2, 0.25) is 11.8 Å². The van der Waals surface area contributed by atoms with E-state index in [4.69, 9.17) is 0 Å². The standard InChI is InChI=1S/C17H22N4O3S2/c1-3-7-21-16(24)14-10-5-4-6-11(10)26-15(14)20-17(21)25-9-13(23)19-8-12(22)18-2/h3-9H2,1-2H3,(H,18,22)(H,19,23). The quantitative estimate of drug-likeness (QED) is 0.546. The highest BCUT2D eigenvalue weighted by Crippen LogP contribution is 2.35. The van der Waals surface area contributed by atoms with Gasteiger partial charge in [0.25, 0.3) is 5.56 Å². The molecule has 0 spiro atoms. The number of nitrogens with one attached hydrogen (secondary N) is 2. The number of hydrogen-bond acceptors (Lipinski definition) is 6. The van der Waals surface area contributed by atoms with Crippen molar-refractivity contribution in [2.75, 3.05) is 19.3 Å². The number of carbonyl (C=O) groups is 2. The number of carbonyl (C=O) groups excluding carboxylic acids is 2. The second-order valence-corrected chi connectivity index (χ2v) is 8.15. The molecule has 26 heavy (non-hydrogen) atoms. The van der Waals surface area contributed by atoms with Crippen LogP contribution in [0.4, 0.5) is 0 Å². The van der Waals surface area contributed by atoms with Gasteiger partial charge in [0.05, 0.1) is 17.7 Å². The minimum atomic E-state index is -0.260. The molecule has 0 saturated heterocycles. The summed E-state index contributed by atoms with van der Waals surface area (Å²) in [6.45, 7) is 2.54. The summed E-state index contributed by atoms with van der Waals surface area (Å²) in [5.74, 6) is -0.396. The van der Waals surface area contributed by atoms with Crippen LogP contribution in [0.15, 0.2) is 9.95 Å². The van der Waals surface area contributed by atoms with Crippen LogP contribution in [0.25, 0.3) is 10.2 Å². The summed E-state index contributed by atoms with van der Waals surface area (Å²) in [5.41, 5.74) is 1.18. The predicted molar refractivity (Wildman–Crippen MR) is 104 cm³/mol. The molecule has 2 aromatic rings. The van der Waals surface area contributed by atoms with E-state index in [1.165, 1.54) is 29.3 Å². The maximum Gasteiger partial charge on any atom is 0.263 e. The fraction of sp³-hybridized carbons (Fsp3) is 0.529. The van der Waals surface area contributed by atoms with Gasteiger partial charge in [-0.1, -0.05) is 18.7 Å². The molecule has 0 unspecified atom stereocenters. The summed E-state index contributed by atoms with van der Waals surface area (Å²) in [6.07, 6.45) is 3.89. The van der Waals surface area contributed by atoms with E-state index in [0.29, 0.717) is 11.7 Å². The maximum absolute atomic E-state index is 13.0. The van der Waals surface area contributed by atoms with Gasteiger partial charge >= 0.3 is 0 Å². The third-order valence-corrected chi connectivity index (χ3v) is 6.46. The Labute approximate surface area is 159 Å². The van der Waals surface area contributed by atoms with Gasteiger partial charge in [-0.25, -0.2) is 4.98 Å². The van der Waals surface area contributed by atoms with Crippen LogP contribution >= 0.6 is 23.1 Å². The summed E-state index contributed by atoms with van der Waals surface area (Å²) >= 11 is 2.84. The molecular formula is C17H22N4O3S2. The van der Waals surface area contributed by atoms with Crippen LogP contribution in [0.3, 0.4) is 0 Å². The van der Waals surface area contributed by atoms with Crippen molar-refractivity contribution in [3.8, 4) is 0 Å². The number of aromatic nitrogens is 2. The van der Waals surface area contributed by atoms with Gasteiger partial charge in [0.1, 0.15) is 4.83 Å². The van der Waals surface area contributed by atoms with Crippen LogP contribution in [0.5, 0.6) is 0 Å². The average molecular weight is 395 g/mol. The maximum atomic E-state index is 13.0. The van der Waals surface area contributed by atoms with E-state index < -0.39 is 0 Å². The molecule has 1 aliphatic carbocycles. The Balaban J connectivity index is 1.83. The highest BCUT2D eigenvalue weighted by molar-refractivity contribution is 7.99. The number of hydrogen-bond donors (Lipinski definition) is 2. The first-order valence-electron chi connectivity index (χ1n) is 8.70. The highest BCUT2D eigenvalue weighted by atomic mass is 32.2. The molecule has 0 saturated carbocycles. The Kier molecular flexibility index (Phi) is 5.98. The van der Waals surface area contributed by atoms with E-state index in [0.717, 1.165) is 35.9 Å². The predicted octanol–water partition coefficient (Wildman–Crippen LogP) is 1.31. The largest absolute Gasteiger partial charge is 0.358 e. The van der Waals surface area contributed by atoms with Crippen molar-refractivity contribution in [2.45, 2.75) is 44.3 Å². The summed E-state index contributed by atoms with van der Waals surface area (Å²) in [5, 5.41) is 6.34. The molecule has 3 rings (SSSR count). The minimum Gasteiger partial charge on any atom is -0.358 e. The third kappa shape index (κ3) is 3.78. The molecule has 2 aromatic heterocycles. The molecule has 0 fully saturated rings. The fourth-order valence-electron chi connectivity index (χ4n) is 3.04. The molecule has 140 valence electrons. The van der Waals surface area contributed by atoms with Crippen molar-refractivity contribution < 1.29 is 9.59 Å². The van der Waals surface area contributed by atoms with Crippen LogP contribution in [-0.2, 0) is 29.0 Å². The van der Waals surface area contributed by atoms with E-state index in [-0.39, 0.29) is 29.7 Å². The monoisotopic (exact) mass is 394 g/mol. The second kappa shape index (κ2) is 8.22. The smallest absolute Gasteiger partial charge is 0.263 e. The van der Waals surface area contributed by atoms with Crippen molar-refractivity contribution in [2.24, 2.45) is 0 Å². The van der Waals surface area contributed by atoms with Crippen molar-refractivity contribution in [3.63, 3.8) is 0 Å². The van der Waals surface area contributed by atoms with Gasteiger partial charge in [-0.2, -0.15) is 0 Å². The van der Waals surface area contributed by atoms with Crippen LogP contribution in [0.2, 0.25) is 0 Å². The van der Waals surface area contributed by atoms with Gasteiger partial charge in [-0.05, 0) is 31.2 Å². The zero-order valence-corrected chi connectivity index (χ0v) is 16.5. The SMILES string of the molecule is CCCn1c(SCC(=O)NCC(=O)NC)nc2sc3c(c2c1=O)CCC3. The zero-order valence-electron chi connectivity index (χ0n) is 14.9. The normalized spacial score (nSPS) is 13.0. The lowest BCUT2D eigenvalue weighted by Gasteiger charge is -2.11. The number of likely N-dealkylation sites (N-methyl/N-ethyl adjacent to an activating group) is 1. The van der Waals surface area contributed by atoms with E-state index in [2.05, 4.69) is 15.6 Å². The number of fused-ring (bicyclic) bond motifs is 3. The molecule has 2 amide bonds. The second-order valence-electron chi connectivity index (χ2n) is 6.13. The molecule has 2 heterocycles. The molecule has 1 aliphatic rings. The zero-order chi connectivity index (χ0) is 18.7. The molecular weight excluding hydrogens is 372 g/mol. The van der Waals surface area contributed by atoms with Gasteiger partial charge in [-0.3, -0.25) is 19.0 Å². The van der Waals surface area contributed by atoms with Crippen molar-refractivity contribution >= 4 is 45.1 Å². The highest BCUT2D eigenvalue weighted by Gasteiger charge is 2.23. The molecule has 0 bridgehead atoms. The van der Waals surface area contributed by atoms with Crippen LogP contribution in [0, 0.1) is 0 Å². The van der Waals surface area contributed by atoms with Gasteiger partial charge < -0.3 is 10.6 Å². The van der Waals surface area contributed by atoms with E-state index in [9.17, 15) is 14.4 Å². The first-order valence-corrected chi connectivity index (χ1v) is 10.5. The van der Waals surface area contributed by atoms with Gasteiger partial charge in [0.15, 0.2) is 5.16 Å². The van der Waals surface area contributed by atoms with Crippen LogP contribution < -0.4 is 16.2 Å². The van der Waals surface area contributed by atoms with Crippen LogP contribution in [0.1, 0.15) is 30.2 Å². The molecule has 7 nitrogen and oxygen atoms in total. The molecule has 0 aliphatic heterocycles. The fourth-order valence-corrected chi connectivity index (χ4v) is 5.20. The van der Waals surface area contributed by atoms with Crippen molar-refractivity contribution in [3.05, 3.63) is 20.8 Å². The number of nitrogens with zero attached hydrogens (tertiary/aromatic N) is 2. The van der Waals surface area contributed by atoms with E-state index >= 15 is 0 Å². The van der Waals surface area contributed by atoms with E-state index in [1.54, 1.807) is 15.9 Å². The lowest BCUT2D eigenvalue weighted by atomic mass is 10.2. The summed E-state index contributed by atoms with van der Waals surface area (Å²) in [7, 11) is 1.52. The first kappa shape index (κ1) is 18.9. The van der Waals surface area contributed by atoms with Crippen molar-refractivity contribution in [1.29, 1.82) is 0 Å². The molecule has 0 atom stereocenters. The average Bonchev–Trinajstić information content (AvgIpc) is 3.21. The summed E-state index contributed by atoms with van der Waals surface area (Å²) < 4.78 is 1.68. The third-order valence-electron chi connectivity index (χ3n) is 4.29. The number of amides is 2. The Morgan fingerprint density at radius 2 is 2.12 bits per heavy atom. The summed E-state index contributed by atoms with van der Waals surface area (Å²) in [4.78, 5) is 42.9. The Morgan fingerprint density at radius 3 is 2.85 bits per heavy atom. The van der Waals surface area contributed by atoms with Crippen LogP contribution in [-0.4, -0.2) is 40.7 Å². The molecule has 0 radical (unpaired) electrons. The number of thiophene rings is 1. The molecule has 0 aromatic carbocycles. The van der Waals surface area contributed by atoms with E-state index in [1.807, 2.05) is 6.92 Å². The number of aryl methyl sites for hydroxylation is 2. The molecule has 9 heteroatoms. The van der Waals surface area contributed by atoms with Gasteiger partial charge in [-0.15, -0.1) is 11.3 Å². The first-order chi connectivity index (χ1) is 12.5. The number of rotatable bonds is 7. The van der Waals surface area contributed by atoms with Crippen molar-refractivity contribution in [1.82, 2.24) is 20.2 Å². The Morgan fingerprint density at radius 1 is 1.31 bits per heavy atom. The minimum absolute atomic E-state index is 0.00418. The topological polar surface area (TPSA) is 93.1 Å².